The van der Waals surface area contributed by atoms with Crippen LogP contribution in [0.1, 0.15) is 35.3 Å². The minimum atomic E-state index is -0.573. The number of hydrogen-bond acceptors (Lipinski definition) is 6. The number of carbonyl (C=O) groups is 1. The van der Waals surface area contributed by atoms with Crippen molar-refractivity contribution in [2.24, 2.45) is 22.7 Å². The number of rotatable bonds is 4. The highest BCUT2D eigenvalue weighted by molar-refractivity contribution is 6.04. The van der Waals surface area contributed by atoms with E-state index in [4.69, 9.17) is 11.7 Å². The molecule has 0 radical (unpaired) electrons. The normalized spacial score (nSPS) is 14.0. The third-order valence-electron chi connectivity index (χ3n) is 4.54. The molecule has 1 aliphatic heterocycles. The standard InChI is InChI=1S/C19H24FN7O/c1-11(2)18(26-21)27(22)17-5-3-4-16(24-17)25-19(28)14-8-13-10-23-7-6-12(13)9-15(14)20/h3-5,8-9,11,23H,6-7,10,21-22H2,1-2H3,(H,24,25,28)/b26-18-. The fraction of sp³-hybridized carbons (Fsp3) is 0.316. The maximum Gasteiger partial charge on any atom is 0.259 e. The summed E-state index contributed by atoms with van der Waals surface area (Å²) in [5, 5.41) is 10.8. The lowest BCUT2D eigenvalue weighted by molar-refractivity contribution is 0.102. The van der Waals surface area contributed by atoms with Crippen molar-refractivity contribution in [1.82, 2.24) is 10.3 Å². The lowest BCUT2D eigenvalue weighted by atomic mass is 9.98. The van der Waals surface area contributed by atoms with Gasteiger partial charge >= 0.3 is 0 Å². The number of nitrogens with zero attached hydrogens (tertiary/aromatic N) is 3. The van der Waals surface area contributed by atoms with Gasteiger partial charge in [0.2, 0.25) is 0 Å². The molecule has 3 rings (SSSR count). The number of hydrazine groups is 1. The van der Waals surface area contributed by atoms with Crippen LogP contribution in [-0.4, -0.2) is 23.3 Å². The molecule has 0 atom stereocenters. The Hall–Kier alpha value is -3.04. The number of halogens is 1. The van der Waals surface area contributed by atoms with E-state index >= 15 is 0 Å². The van der Waals surface area contributed by atoms with E-state index in [2.05, 4.69) is 20.7 Å². The van der Waals surface area contributed by atoms with Crippen LogP contribution in [0.15, 0.2) is 35.4 Å². The van der Waals surface area contributed by atoms with Gasteiger partial charge in [-0.25, -0.2) is 20.2 Å². The molecule has 2 heterocycles. The van der Waals surface area contributed by atoms with Gasteiger partial charge in [-0.1, -0.05) is 19.9 Å². The molecule has 1 aliphatic rings. The van der Waals surface area contributed by atoms with Crippen molar-refractivity contribution in [3.63, 3.8) is 0 Å². The number of carbonyl (C=O) groups excluding carboxylic acids is 1. The van der Waals surface area contributed by atoms with Crippen molar-refractivity contribution >= 4 is 23.4 Å². The molecule has 9 heteroatoms. The Morgan fingerprint density at radius 1 is 1.36 bits per heavy atom. The van der Waals surface area contributed by atoms with E-state index in [9.17, 15) is 9.18 Å². The molecule has 0 unspecified atom stereocenters. The van der Waals surface area contributed by atoms with Crippen molar-refractivity contribution in [2.75, 3.05) is 16.9 Å². The van der Waals surface area contributed by atoms with Crippen LogP contribution in [0.4, 0.5) is 16.0 Å². The summed E-state index contributed by atoms with van der Waals surface area (Å²) in [6.45, 7) is 5.20. The van der Waals surface area contributed by atoms with Gasteiger partial charge < -0.3 is 16.5 Å². The first-order valence-electron chi connectivity index (χ1n) is 9.03. The second-order valence-corrected chi connectivity index (χ2v) is 6.87. The lowest BCUT2D eigenvalue weighted by Gasteiger charge is -2.22. The Labute approximate surface area is 162 Å². The Morgan fingerprint density at radius 3 is 2.86 bits per heavy atom. The summed E-state index contributed by atoms with van der Waals surface area (Å²) in [7, 11) is 0. The van der Waals surface area contributed by atoms with E-state index in [0.29, 0.717) is 18.2 Å². The number of nitrogens with two attached hydrogens (primary N) is 2. The van der Waals surface area contributed by atoms with Gasteiger partial charge in [-0.2, -0.15) is 5.10 Å². The summed E-state index contributed by atoms with van der Waals surface area (Å²) in [5.74, 6) is 11.3. The minimum Gasteiger partial charge on any atom is -0.322 e. The molecule has 28 heavy (non-hydrogen) atoms. The molecule has 0 saturated carbocycles. The number of hydrogen-bond donors (Lipinski definition) is 4. The molecule has 0 bridgehead atoms. The highest BCUT2D eigenvalue weighted by Crippen LogP contribution is 2.21. The summed E-state index contributed by atoms with van der Waals surface area (Å²) in [5.41, 5.74) is 1.83. The molecule has 0 saturated heterocycles. The molecular weight excluding hydrogens is 361 g/mol. The number of anilines is 2. The summed E-state index contributed by atoms with van der Waals surface area (Å²) < 4.78 is 14.4. The van der Waals surface area contributed by atoms with Gasteiger partial charge in [0.05, 0.1) is 5.56 Å². The van der Waals surface area contributed by atoms with Crippen LogP contribution >= 0.6 is 0 Å². The zero-order valence-electron chi connectivity index (χ0n) is 15.9. The second-order valence-electron chi connectivity index (χ2n) is 6.87. The smallest absolute Gasteiger partial charge is 0.259 e. The van der Waals surface area contributed by atoms with E-state index in [-0.39, 0.29) is 17.3 Å². The fourth-order valence-electron chi connectivity index (χ4n) is 3.09. The SMILES string of the molecule is CC(C)/C(=N/N)N(N)c1cccc(NC(=O)c2cc3c(cc2F)CCNC3)n1. The maximum atomic E-state index is 14.4. The molecule has 1 aromatic carbocycles. The number of benzene rings is 1. The van der Waals surface area contributed by atoms with Crippen LogP contribution < -0.4 is 27.3 Å². The third kappa shape index (κ3) is 4.10. The minimum absolute atomic E-state index is 0.0201. The third-order valence-corrected chi connectivity index (χ3v) is 4.54. The van der Waals surface area contributed by atoms with Gasteiger partial charge in [-0.05, 0) is 48.4 Å². The monoisotopic (exact) mass is 385 g/mol. The molecule has 6 N–H and O–H groups in total. The zero-order valence-corrected chi connectivity index (χ0v) is 15.9. The Balaban J connectivity index is 1.82. The number of nitrogens with one attached hydrogen (secondary N) is 2. The largest absolute Gasteiger partial charge is 0.322 e. The van der Waals surface area contributed by atoms with Gasteiger partial charge in [0.25, 0.3) is 5.91 Å². The average Bonchev–Trinajstić information content (AvgIpc) is 2.67. The Morgan fingerprint density at radius 2 is 2.14 bits per heavy atom. The number of amidine groups is 1. The van der Waals surface area contributed by atoms with E-state index in [0.717, 1.165) is 24.1 Å². The van der Waals surface area contributed by atoms with E-state index in [1.165, 1.54) is 11.1 Å². The van der Waals surface area contributed by atoms with Gasteiger partial charge in [0, 0.05) is 12.5 Å². The molecule has 1 amide bonds. The number of hydrazone groups is 1. The van der Waals surface area contributed by atoms with Crippen LogP contribution in [0.5, 0.6) is 0 Å². The number of pyridine rings is 1. The van der Waals surface area contributed by atoms with Crippen molar-refractivity contribution in [2.45, 2.75) is 26.8 Å². The lowest BCUT2D eigenvalue weighted by Crippen LogP contribution is -2.41. The van der Waals surface area contributed by atoms with Crippen LogP contribution in [0.2, 0.25) is 0 Å². The van der Waals surface area contributed by atoms with E-state index in [1.807, 2.05) is 13.8 Å². The highest BCUT2D eigenvalue weighted by Gasteiger charge is 2.19. The number of aromatic nitrogens is 1. The molecule has 1 aromatic heterocycles. The van der Waals surface area contributed by atoms with Crippen molar-refractivity contribution in [1.29, 1.82) is 0 Å². The number of fused-ring (bicyclic) bond motifs is 1. The molecule has 8 nitrogen and oxygen atoms in total. The van der Waals surface area contributed by atoms with Crippen molar-refractivity contribution in [3.05, 3.63) is 52.8 Å². The first-order valence-corrected chi connectivity index (χ1v) is 9.03. The quantitative estimate of drug-likeness (QED) is 0.275. The molecule has 148 valence electrons. The average molecular weight is 385 g/mol. The number of amides is 1. The van der Waals surface area contributed by atoms with Gasteiger partial charge in [-0.3, -0.25) is 4.79 Å². The fourth-order valence-corrected chi connectivity index (χ4v) is 3.09. The molecule has 2 aromatic rings. The summed E-state index contributed by atoms with van der Waals surface area (Å²) in [6, 6.07) is 7.96. The predicted molar refractivity (Wildman–Crippen MR) is 107 cm³/mol. The maximum absolute atomic E-state index is 14.4. The zero-order chi connectivity index (χ0) is 20.3. The second kappa shape index (κ2) is 8.32. The van der Waals surface area contributed by atoms with Gasteiger partial charge in [-0.15, -0.1) is 0 Å². The molecule has 0 aliphatic carbocycles. The Bertz CT molecular complexity index is 913. The van der Waals surface area contributed by atoms with Crippen molar-refractivity contribution < 1.29 is 9.18 Å². The summed E-state index contributed by atoms with van der Waals surface area (Å²) >= 11 is 0. The molecule has 0 fully saturated rings. The molecular formula is C19H24FN7O. The van der Waals surface area contributed by atoms with Crippen molar-refractivity contribution in [3.8, 4) is 0 Å². The van der Waals surface area contributed by atoms with Crippen LogP contribution in [0, 0.1) is 11.7 Å². The Kier molecular flexibility index (Phi) is 5.86. The van der Waals surface area contributed by atoms with E-state index < -0.39 is 11.7 Å². The predicted octanol–water partition coefficient (Wildman–Crippen LogP) is 1.73. The summed E-state index contributed by atoms with van der Waals surface area (Å²) in [4.78, 5) is 16.9. The summed E-state index contributed by atoms with van der Waals surface area (Å²) in [6.07, 6.45) is 0.741. The van der Waals surface area contributed by atoms with Gasteiger partial charge in [0.15, 0.2) is 5.82 Å². The van der Waals surface area contributed by atoms with E-state index in [1.54, 1.807) is 24.3 Å². The van der Waals surface area contributed by atoms with Crippen LogP contribution in [0.25, 0.3) is 0 Å². The topological polar surface area (TPSA) is 122 Å². The first kappa shape index (κ1) is 19.7. The van der Waals surface area contributed by atoms with Crippen LogP contribution in [0.3, 0.4) is 0 Å². The molecule has 0 spiro atoms. The van der Waals surface area contributed by atoms with Crippen LogP contribution in [-0.2, 0) is 13.0 Å². The highest BCUT2D eigenvalue weighted by atomic mass is 19.1. The van der Waals surface area contributed by atoms with Gasteiger partial charge in [0.1, 0.15) is 17.5 Å². The first-order chi connectivity index (χ1) is 13.4.